The van der Waals surface area contributed by atoms with Gasteiger partial charge in [0, 0.05) is 16.6 Å². The molecule has 0 bridgehead atoms. The van der Waals surface area contributed by atoms with Crippen molar-refractivity contribution in [3.05, 3.63) is 84.1 Å². The van der Waals surface area contributed by atoms with Gasteiger partial charge in [0.2, 0.25) is 0 Å². The fourth-order valence-corrected chi connectivity index (χ4v) is 9.85. The Morgan fingerprint density at radius 3 is 2.08 bits per heavy atom. The molecule has 5 aromatic rings. The molecule has 0 saturated carbocycles. The van der Waals surface area contributed by atoms with Crippen molar-refractivity contribution in [3.8, 4) is 21.7 Å². The fourth-order valence-electron chi connectivity index (χ4n) is 5.63. The summed E-state index contributed by atoms with van der Waals surface area (Å²) < 4.78 is 1.31. The Balaban J connectivity index is 1.74. The van der Waals surface area contributed by atoms with E-state index in [1.165, 1.54) is 48.0 Å². The van der Waals surface area contributed by atoms with Crippen LogP contribution in [0.5, 0.6) is 0 Å². The van der Waals surface area contributed by atoms with E-state index in [1.807, 2.05) is 17.5 Å². The summed E-state index contributed by atoms with van der Waals surface area (Å²) in [5.74, 6) is 0. The first-order chi connectivity index (χ1) is 17.7. The minimum absolute atomic E-state index is 0.0441. The summed E-state index contributed by atoms with van der Waals surface area (Å²) in [6, 6.07) is 25.1. The molecule has 1 nitrogen and oxygen atoms in total. The summed E-state index contributed by atoms with van der Waals surface area (Å²) in [4.78, 5) is 6.44. The van der Waals surface area contributed by atoms with Crippen molar-refractivity contribution in [2.24, 2.45) is 5.41 Å². The maximum Gasteiger partial charge on any atom is 0.0880 e. The Labute approximate surface area is 234 Å². The zero-order valence-corrected chi connectivity index (χ0v) is 26.3. The molecule has 0 unspecified atom stereocenters. The molecule has 0 aliphatic carbocycles. The van der Waals surface area contributed by atoms with Crippen LogP contribution in [-0.4, -0.2) is 13.1 Å². The Hall–Kier alpha value is -2.75. The predicted molar refractivity (Wildman–Crippen MR) is 173 cm³/mol. The molecule has 0 radical (unpaired) electrons. The number of fused-ring (bicyclic) bond motifs is 2. The molecule has 3 aromatic carbocycles. The lowest BCUT2D eigenvalue weighted by molar-refractivity contribution is 0.411. The lowest BCUT2D eigenvalue weighted by atomic mass is 9.82. The summed E-state index contributed by atoms with van der Waals surface area (Å²) in [7, 11) is -1.65. The molecular weight excluding hydrogens is 495 g/mol. The van der Waals surface area contributed by atoms with Gasteiger partial charge < -0.3 is 0 Å². The van der Waals surface area contributed by atoms with Gasteiger partial charge in [-0.15, -0.1) is 11.3 Å². The maximum atomic E-state index is 5.02. The minimum Gasteiger partial charge on any atom is -0.255 e. The van der Waals surface area contributed by atoms with E-state index in [1.54, 1.807) is 5.19 Å². The topological polar surface area (TPSA) is 12.9 Å². The van der Waals surface area contributed by atoms with Crippen molar-refractivity contribution in [2.45, 2.75) is 73.0 Å². The summed E-state index contributed by atoms with van der Waals surface area (Å²) in [6.45, 7) is 21.3. The van der Waals surface area contributed by atoms with Crippen molar-refractivity contribution in [1.82, 2.24) is 4.98 Å². The van der Waals surface area contributed by atoms with Gasteiger partial charge in [-0.1, -0.05) is 110 Å². The normalized spacial score (nSPS) is 13.0. The Morgan fingerprint density at radius 2 is 1.45 bits per heavy atom. The van der Waals surface area contributed by atoms with E-state index in [0.29, 0.717) is 0 Å². The highest BCUT2D eigenvalue weighted by atomic mass is 32.1. The SMILES string of the molecule is CC(C)(C)Cc1ccc(-c2sc3c(-c4cc(C(C)(C)C)c5ccccc5c4)nccc3c2[Si](C)(C)C)cc1. The molecule has 3 heteroatoms. The first-order valence-corrected chi connectivity index (χ1v) is 18.1. The highest BCUT2D eigenvalue weighted by molar-refractivity contribution is 7.25. The number of benzene rings is 3. The molecule has 2 heterocycles. The minimum atomic E-state index is -1.65. The molecule has 38 heavy (non-hydrogen) atoms. The zero-order chi connectivity index (χ0) is 27.5. The third-order valence-corrected chi connectivity index (χ3v) is 10.7. The van der Waals surface area contributed by atoms with Gasteiger partial charge in [0.1, 0.15) is 0 Å². The van der Waals surface area contributed by atoms with Crippen LogP contribution >= 0.6 is 11.3 Å². The van der Waals surface area contributed by atoms with E-state index >= 15 is 0 Å². The van der Waals surface area contributed by atoms with E-state index < -0.39 is 8.07 Å². The van der Waals surface area contributed by atoms with Crippen LogP contribution in [0.15, 0.2) is 72.9 Å². The van der Waals surface area contributed by atoms with Gasteiger partial charge in [-0.3, -0.25) is 4.98 Å². The van der Waals surface area contributed by atoms with Gasteiger partial charge >= 0.3 is 0 Å². The van der Waals surface area contributed by atoms with Crippen LogP contribution in [0.4, 0.5) is 0 Å². The zero-order valence-electron chi connectivity index (χ0n) is 24.5. The second-order valence-corrected chi connectivity index (χ2v) is 20.0. The molecule has 0 spiro atoms. The lowest BCUT2D eigenvalue weighted by Gasteiger charge is -2.23. The van der Waals surface area contributed by atoms with Gasteiger partial charge in [0.05, 0.1) is 18.5 Å². The van der Waals surface area contributed by atoms with Gasteiger partial charge in [0.25, 0.3) is 0 Å². The summed E-state index contributed by atoms with van der Waals surface area (Å²) in [6.07, 6.45) is 3.11. The first-order valence-electron chi connectivity index (χ1n) is 13.8. The molecule has 196 valence electrons. The van der Waals surface area contributed by atoms with Crippen LogP contribution < -0.4 is 5.19 Å². The molecule has 0 amide bonds. The van der Waals surface area contributed by atoms with Crippen LogP contribution in [-0.2, 0) is 11.8 Å². The number of hydrogen-bond donors (Lipinski definition) is 0. The molecule has 0 N–H and O–H groups in total. The number of rotatable bonds is 4. The van der Waals surface area contributed by atoms with Crippen LogP contribution in [0.2, 0.25) is 19.6 Å². The number of nitrogens with zero attached hydrogens (tertiary/aromatic N) is 1. The second-order valence-electron chi connectivity index (χ2n) is 14.0. The smallest absolute Gasteiger partial charge is 0.0880 e. The van der Waals surface area contributed by atoms with Crippen LogP contribution in [0.3, 0.4) is 0 Å². The van der Waals surface area contributed by atoms with Gasteiger partial charge in [-0.05, 0) is 73.5 Å². The Morgan fingerprint density at radius 1 is 0.763 bits per heavy atom. The highest BCUT2D eigenvalue weighted by Crippen LogP contribution is 2.41. The molecule has 0 aliphatic heterocycles. The standard InChI is InChI=1S/C35H41NSSi/c1-34(2,3)22-23-14-16-24(17-15-23)31-33(38(7,8)9)28-18-19-36-30(32(28)37-31)26-20-25-12-10-11-13-27(25)29(21-26)35(4,5)6/h10-21H,22H2,1-9H3. The van der Waals surface area contributed by atoms with Crippen LogP contribution in [0.25, 0.3) is 42.6 Å². The van der Waals surface area contributed by atoms with Crippen LogP contribution in [0.1, 0.15) is 52.7 Å². The van der Waals surface area contributed by atoms with Crippen molar-refractivity contribution < 1.29 is 0 Å². The molecule has 0 saturated heterocycles. The quantitative estimate of drug-likeness (QED) is 0.209. The van der Waals surface area contributed by atoms with Crippen molar-refractivity contribution >= 4 is 45.5 Å². The summed E-state index contributed by atoms with van der Waals surface area (Å²) in [5.41, 5.74) is 6.78. The first kappa shape index (κ1) is 26.8. The van der Waals surface area contributed by atoms with E-state index in [4.69, 9.17) is 4.98 Å². The lowest BCUT2D eigenvalue weighted by Crippen LogP contribution is -2.38. The number of pyridine rings is 1. The van der Waals surface area contributed by atoms with E-state index in [2.05, 4.69) is 128 Å². The van der Waals surface area contributed by atoms with Gasteiger partial charge in [-0.2, -0.15) is 0 Å². The number of thiophene rings is 1. The van der Waals surface area contributed by atoms with Gasteiger partial charge in [-0.25, -0.2) is 0 Å². The highest BCUT2D eigenvalue weighted by Gasteiger charge is 2.28. The number of aromatic nitrogens is 1. The van der Waals surface area contributed by atoms with Gasteiger partial charge in [0.15, 0.2) is 0 Å². The summed E-state index contributed by atoms with van der Waals surface area (Å²) in [5, 5.41) is 5.56. The molecular formula is C35H41NSSi. The molecule has 0 aliphatic rings. The van der Waals surface area contributed by atoms with E-state index in [-0.39, 0.29) is 10.8 Å². The Kier molecular flexibility index (Phi) is 6.68. The monoisotopic (exact) mass is 535 g/mol. The average molecular weight is 536 g/mol. The fraction of sp³-hybridized carbons (Fsp3) is 0.343. The molecule has 2 aromatic heterocycles. The van der Waals surface area contributed by atoms with Crippen molar-refractivity contribution in [1.29, 1.82) is 0 Å². The molecule has 5 rings (SSSR count). The third kappa shape index (κ3) is 5.24. The summed E-state index contributed by atoms with van der Waals surface area (Å²) >= 11 is 1.94. The largest absolute Gasteiger partial charge is 0.255 e. The number of hydrogen-bond acceptors (Lipinski definition) is 2. The van der Waals surface area contributed by atoms with Crippen LogP contribution in [0, 0.1) is 5.41 Å². The molecule has 0 atom stereocenters. The Bertz CT molecular complexity index is 1620. The van der Waals surface area contributed by atoms with Crippen molar-refractivity contribution in [3.63, 3.8) is 0 Å². The van der Waals surface area contributed by atoms with Crippen molar-refractivity contribution in [2.75, 3.05) is 0 Å². The van der Waals surface area contributed by atoms with E-state index in [0.717, 1.165) is 12.1 Å². The average Bonchev–Trinajstić information content (AvgIpc) is 3.22. The third-order valence-electron chi connectivity index (χ3n) is 7.25. The second kappa shape index (κ2) is 9.46. The van der Waals surface area contributed by atoms with E-state index in [9.17, 15) is 0 Å². The predicted octanol–water partition coefficient (Wildman–Crippen LogP) is 10.2. The molecule has 0 fully saturated rings. The maximum absolute atomic E-state index is 5.02.